The highest BCUT2D eigenvalue weighted by atomic mass is 16.5. The fraction of sp³-hybridized carbons (Fsp3) is 0.500. The van der Waals surface area contributed by atoms with Crippen LogP contribution >= 0.6 is 0 Å². The van der Waals surface area contributed by atoms with Crippen molar-refractivity contribution in [3.63, 3.8) is 0 Å². The van der Waals surface area contributed by atoms with Crippen molar-refractivity contribution in [2.45, 2.75) is 26.3 Å². The first-order valence-electron chi connectivity index (χ1n) is 5.02. The van der Waals surface area contributed by atoms with E-state index >= 15 is 0 Å². The average Bonchev–Trinajstić information content (AvgIpc) is 2.26. The Hall–Kier alpha value is -1.85. The van der Waals surface area contributed by atoms with Crippen LogP contribution in [0, 0.1) is 0 Å². The minimum atomic E-state index is -0.681. The summed E-state index contributed by atoms with van der Waals surface area (Å²) in [5, 5.41) is 0. The zero-order valence-electron chi connectivity index (χ0n) is 9.28. The van der Waals surface area contributed by atoms with Crippen LogP contribution in [0.3, 0.4) is 0 Å². The Morgan fingerprint density at radius 1 is 1.50 bits per heavy atom. The lowest BCUT2D eigenvalue weighted by Crippen LogP contribution is -2.34. The van der Waals surface area contributed by atoms with Gasteiger partial charge in [0.15, 0.2) is 0 Å². The van der Waals surface area contributed by atoms with Crippen molar-refractivity contribution in [1.82, 2.24) is 9.55 Å². The molecule has 0 radical (unpaired) electrons. The number of rotatable bonds is 4. The third kappa shape index (κ3) is 2.59. The molecule has 0 fully saturated rings. The van der Waals surface area contributed by atoms with Crippen LogP contribution in [0.25, 0.3) is 0 Å². The number of nitrogens with zero attached hydrogens (tertiary/aromatic N) is 1. The van der Waals surface area contributed by atoms with Crippen LogP contribution in [-0.4, -0.2) is 22.6 Å². The van der Waals surface area contributed by atoms with Crippen molar-refractivity contribution >= 4 is 5.97 Å². The number of aromatic nitrogens is 2. The minimum Gasteiger partial charge on any atom is -0.464 e. The molecule has 0 aromatic carbocycles. The van der Waals surface area contributed by atoms with Crippen molar-refractivity contribution in [2.24, 2.45) is 0 Å². The number of carbonyl (C=O) groups is 1. The van der Waals surface area contributed by atoms with Crippen LogP contribution in [0.15, 0.2) is 15.7 Å². The first-order valence-corrected chi connectivity index (χ1v) is 5.02. The quantitative estimate of drug-likeness (QED) is 0.739. The van der Waals surface area contributed by atoms with Gasteiger partial charge in [-0.05, 0) is 6.42 Å². The third-order valence-electron chi connectivity index (χ3n) is 2.16. The van der Waals surface area contributed by atoms with Gasteiger partial charge in [-0.15, -0.1) is 0 Å². The fourth-order valence-electron chi connectivity index (χ4n) is 1.33. The molecule has 6 nitrogen and oxygen atoms in total. The maximum Gasteiger partial charge on any atom is 0.355 e. The molecule has 0 unspecified atom stereocenters. The Labute approximate surface area is 91.9 Å². The van der Waals surface area contributed by atoms with Crippen molar-refractivity contribution < 1.29 is 9.53 Å². The summed E-state index contributed by atoms with van der Waals surface area (Å²) in [5.74, 6) is -0.681. The highest BCUT2D eigenvalue weighted by Crippen LogP contribution is 1.98. The lowest BCUT2D eigenvalue weighted by Gasteiger charge is -2.09. The van der Waals surface area contributed by atoms with Crippen LogP contribution in [0.2, 0.25) is 0 Å². The molecule has 16 heavy (non-hydrogen) atoms. The van der Waals surface area contributed by atoms with E-state index in [0.29, 0.717) is 6.54 Å². The number of carbonyl (C=O) groups excluding carboxylic acids is 1. The molecule has 0 aliphatic heterocycles. The molecule has 0 saturated heterocycles. The summed E-state index contributed by atoms with van der Waals surface area (Å²) in [6, 6.07) is 1.07. The normalized spacial score (nSPS) is 10.1. The van der Waals surface area contributed by atoms with E-state index in [1.165, 1.54) is 11.7 Å². The van der Waals surface area contributed by atoms with Crippen molar-refractivity contribution in [3.8, 4) is 0 Å². The van der Waals surface area contributed by atoms with E-state index in [2.05, 4.69) is 9.72 Å². The molecular weight excluding hydrogens is 212 g/mol. The molecule has 0 spiro atoms. The van der Waals surface area contributed by atoms with Crippen LogP contribution < -0.4 is 11.2 Å². The van der Waals surface area contributed by atoms with Gasteiger partial charge in [-0.3, -0.25) is 14.3 Å². The van der Waals surface area contributed by atoms with E-state index in [1.54, 1.807) is 0 Å². The Kier molecular flexibility index (Phi) is 4.04. The summed E-state index contributed by atoms with van der Waals surface area (Å²) in [7, 11) is 1.21. The van der Waals surface area contributed by atoms with Crippen molar-refractivity contribution in [2.75, 3.05) is 7.11 Å². The molecule has 0 amide bonds. The highest BCUT2D eigenvalue weighted by Gasteiger charge is 2.13. The molecule has 1 heterocycles. The second kappa shape index (κ2) is 5.29. The van der Waals surface area contributed by atoms with Gasteiger partial charge in [-0.2, -0.15) is 0 Å². The second-order valence-electron chi connectivity index (χ2n) is 3.32. The number of hydrogen-bond acceptors (Lipinski definition) is 4. The summed E-state index contributed by atoms with van der Waals surface area (Å²) < 4.78 is 5.73. The van der Waals surface area contributed by atoms with Gasteiger partial charge in [0.05, 0.1) is 7.11 Å². The van der Waals surface area contributed by atoms with E-state index in [0.717, 1.165) is 18.9 Å². The Bertz CT molecular complexity index is 486. The second-order valence-corrected chi connectivity index (χ2v) is 3.32. The maximum atomic E-state index is 11.5. The van der Waals surface area contributed by atoms with E-state index in [4.69, 9.17) is 0 Å². The van der Waals surface area contributed by atoms with E-state index < -0.39 is 17.2 Å². The third-order valence-corrected chi connectivity index (χ3v) is 2.16. The van der Waals surface area contributed by atoms with E-state index in [1.807, 2.05) is 6.92 Å². The molecule has 1 rings (SSSR count). The summed E-state index contributed by atoms with van der Waals surface area (Å²) in [5.41, 5.74) is -1.19. The zero-order valence-corrected chi connectivity index (χ0v) is 9.28. The molecule has 1 aromatic heterocycles. The molecule has 0 saturated carbocycles. The fourth-order valence-corrected chi connectivity index (χ4v) is 1.33. The zero-order chi connectivity index (χ0) is 12.1. The number of unbranched alkanes of at least 4 members (excludes halogenated alkanes) is 1. The SMILES string of the molecule is CCCCn1c(C(=O)OC)cc(=O)[nH]c1=O. The van der Waals surface area contributed by atoms with Gasteiger partial charge in [0.1, 0.15) is 5.69 Å². The number of H-pyrrole nitrogens is 1. The Balaban J connectivity index is 3.26. The summed E-state index contributed by atoms with van der Waals surface area (Å²) in [6.07, 6.45) is 1.63. The first kappa shape index (κ1) is 12.2. The number of hydrogen-bond donors (Lipinski definition) is 1. The average molecular weight is 226 g/mol. The summed E-state index contributed by atoms with van der Waals surface area (Å²) in [4.78, 5) is 36.0. The highest BCUT2D eigenvalue weighted by molar-refractivity contribution is 5.87. The van der Waals surface area contributed by atoms with Crippen molar-refractivity contribution in [1.29, 1.82) is 0 Å². The molecule has 0 aliphatic carbocycles. The van der Waals surface area contributed by atoms with Crippen LogP contribution in [-0.2, 0) is 11.3 Å². The van der Waals surface area contributed by atoms with Gasteiger partial charge in [0, 0.05) is 12.6 Å². The molecule has 0 aliphatic rings. The topological polar surface area (TPSA) is 81.2 Å². The van der Waals surface area contributed by atoms with Crippen LogP contribution in [0.5, 0.6) is 0 Å². The molecule has 88 valence electrons. The lowest BCUT2D eigenvalue weighted by molar-refractivity contribution is 0.0585. The molecule has 0 bridgehead atoms. The van der Waals surface area contributed by atoms with E-state index in [-0.39, 0.29) is 5.69 Å². The molecular formula is C10H14N2O4. The van der Waals surface area contributed by atoms with Crippen LogP contribution in [0.1, 0.15) is 30.3 Å². The molecule has 1 aromatic rings. The number of aromatic amines is 1. The lowest BCUT2D eigenvalue weighted by atomic mass is 10.3. The van der Waals surface area contributed by atoms with Gasteiger partial charge in [0.25, 0.3) is 5.56 Å². The summed E-state index contributed by atoms with van der Waals surface area (Å²) in [6.45, 7) is 2.35. The maximum absolute atomic E-state index is 11.5. The number of esters is 1. The predicted octanol–water partition coefficient (Wildman–Crippen LogP) is 0.123. The largest absolute Gasteiger partial charge is 0.464 e. The minimum absolute atomic E-state index is 0.00954. The number of ether oxygens (including phenoxy) is 1. The smallest absolute Gasteiger partial charge is 0.355 e. The number of nitrogens with one attached hydrogen (secondary N) is 1. The standard InChI is InChI=1S/C10H14N2O4/c1-3-4-5-12-7(9(14)16-2)6-8(13)11-10(12)15/h6H,3-5H2,1-2H3,(H,11,13,15). The van der Waals surface area contributed by atoms with Gasteiger partial charge >= 0.3 is 11.7 Å². The van der Waals surface area contributed by atoms with Gasteiger partial charge in [-0.1, -0.05) is 13.3 Å². The first-order chi connectivity index (χ1) is 7.60. The Morgan fingerprint density at radius 3 is 2.75 bits per heavy atom. The van der Waals surface area contributed by atoms with Gasteiger partial charge < -0.3 is 4.74 Å². The van der Waals surface area contributed by atoms with Crippen molar-refractivity contribution in [3.05, 3.63) is 32.6 Å². The van der Waals surface area contributed by atoms with Gasteiger partial charge in [0.2, 0.25) is 0 Å². The Morgan fingerprint density at radius 2 is 2.19 bits per heavy atom. The molecule has 1 N–H and O–H groups in total. The summed E-state index contributed by atoms with van der Waals surface area (Å²) >= 11 is 0. The van der Waals surface area contributed by atoms with Crippen LogP contribution in [0.4, 0.5) is 0 Å². The molecule has 0 atom stereocenters. The van der Waals surface area contributed by atoms with Gasteiger partial charge in [-0.25, -0.2) is 9.59 Å². The monoisotopic (exact) mass is 226 g/mol. The predicted molar refractivity (Wildman–Crippen MR) is 57.6 cm³/mol. The van der Waals surface area contributed by atoms with E-state index in [9.17, 15) is 14.4 Å². The molecule has 6 heteroatoms. The number of methoxy groups -OCH3 is 1.